The lowest BCUT2D eigenvalue weighted by atomic mass is 10.1. The second-order valence-electron chi connectivity index (χ2n) is 9.08. The molecule has 2 aromatic heterocycles. The summed E-state index contributed by atoms with van der Waals surface area (Å²) in [5, 5.41) is 19.4. The number of aryl methyl sites for hydroxylation is 1. The van der Waals surface area contributed by atoms with Crippen molar-refractivity contribution in [3.8, 4) is 17.2 Å². The van der Waals surface area contributed by atoms with E-state index < -0.39 is 43.2 Å². The van der Waals surface area contributed by atoms with Gasteiger partial charge in [-0.15, -0.1) is 0 Å². The molecule has 0 spiro atoms. The van der Waals surface area contributed by atoms with Crippen molar-refractivity contribution in [3.05, 3.63) is 127 Å². The summed E-state index contributed by atoms with van der Waals surface area (Å²) < 4.78 is 29.6. The summed E-state index contributed by atoms with van der Waals surface area (Å²) in [5.41, 5.74) is -0.923. The number of carbonyl (C=O) groups excluding carboxylic acids is 2. The number of para-hydroxylation sites is 2. The van der Waals surface area contributed by atoms with E-state index >= 15 is 0 Å². The third kappa shape index (κ3) is 4.87. The molecule has 13 heteroatoms. The number of phenolic OH excluding ortho intramolecular Hbond substituents is 2. The van der Waals surface area contributed by atoms with E-state index in [4.69, 9.17) is 46.4 Å². The monoisotopic (exact) mass is 662 g/mol. The zero-order chi connectivity index (χ0) is 30.5. The molecule has 0 radical (unpaired) electrons. The maximum absolute atomic E-state index is 14.1. The molecule has 0 amide bonds. The summed E-state index contributed by atoms with van der Waals surface area (Å²) in [4.78, 5) is 27.6. The fourth-order valence-electron chi connectivity index (χ4n) is 4.37. The van der Waals surface area contributed by atoms with Crippen LogP contribution in [0.4, 0.5) is 0 Å². The van der Waals surface area contributed by atoms with Crippen molar-refractivity contribution in [1.82, 2.24) is 8.54 Å². The Morgan fingerprint density at radius 2 is 1.26 bits per heavy atom. The smallest absolute Gasteiger partial charge is 0.269 e. The van der Waals surface area contributed by atoms with E-state index in [1.807, 2.05) is 0 Å². The predicted molar refractivity (Wildman–Crippen MR) is 161 cm³/mol. The van der Waals surface area contributed by atoms with Gasteiger partial charge in [0, 0.05) is 0 Å². The minimum atomic E-state index is -4.61. The third-order valence-electron chi connectivity index (χ3n) is 6.42. The third-order valence-corrected chi connectivity index (χ3v) is 9.80. The van der Waals surface area contributed by atoms with Crippen LogP contribution in [0.5, 0.6) is 11.5 Å². The van der Waals surface area contributed by atoms with E-state index in [1.165, 1.54) is 66.7 Å². The van der Waals surface area contributed by atoms with Gasteiger partial charge in [-0.1, -0.05) is 88.4 Å². The normalized spacial score (nSPS) is 11.5. The largest absolute Gasteiger partial charge is 0.507 e. The fourth-order valence-corrected chi connectivity index (χ4v) is 6.95. The van der Waals surface area contributed by atoms with E-state index in [9.17, 15) is 28.2 Å². The van der Waals surface area contributed by atoms with Gasteiger partial charge in [-0.25, -0.2) is 12.4 Å². The molecule has 8 nitrogen and oxygen atoms in total. The Bertz CT molecular complexity index is 2010. The van der Waals surface area contributed by atoms with Gasteiger partial charge in [0.2, 0.25) is 11.6 Å². The Labute approximate surface area is 259 Å². The number of ketones is 2. The van der Waals surface area contributed by atoms with Crippen LogP contribution >= 0.6 is 46.4 Å². The highest BCUT2D eigenvalue weighted by Gasteiger charge is 2.37. The van der Waals surface area contributed by atoms with Crippen molar-refractivity contribution in [3.63, 3.8) is 0 Å². The summed E-state index contributed by atoms with van der Waals surface area (Å²) in [6, 6.07) is 18.1. The van der Waals surface area contributed by atoms with Gasteiger partial charge in [-0.05, 0) is 49.4 Å². The topological polar surface area (TPSA) is 119 Å². The molecule has 214 valence electrons. The first-order chi connectivity index (χ1) is 19.9. The second-order valence-corrected chi connectivity index (χ2v) is 12.4. The molecule has 0 bridgehead atoms. The SMILES string of the molecule is Cc1ccc(S(=O)(=O)n2c(Cl)c(Cl)c(-n3c(C(=O)c4ccccc4O)cc(Cl)c3Cl)c2C(=O)c2ccccc2O)cc1. The number of benzene rings is 3. The Balaban J connectivity index is 1.89. The first-order valence-electron chi connectivity index (χ1n) is 12.0. The molecule has 2 heterocycles. The van der Waals surface area contributed by atoms with Crippen molar-refractivity contribution in [1.29, 1.82) is 0 Å². The van der Waals surface area contributed by atoms with Crippen LogP contribution < -0.4 is 0 Å². The maximum atomic E-state index is 14.1. The molecule has 5 rings (SSSR count). The first-order valence-corrected chi connectivity index (χ1v) is 15.0. The number of hydrogen-bond acceptors (Lipinski definition) is 6. The average molecular weight is 664 g/mol. The lowest BCUT2D eigenvalue weighted by Gasteiger charge is -2.15. The molecule has 0 aliphatic rings. The number of phenols is 2. The van der Waals surface area contributed by atoms with Gasteiger partial charge in [-0.3, -0.25) is 14.2 Å². The van der Waals surface area contributed by atoms with E-state index in [1.54, 1.807) is 19.1 Å². The van der Waals surface area contributed by atoms with Crippen molar-refractivity contribution in [2.45, 2.75) is 11.8 Å². The van der Waals surface area contributed by atoms with Gasteiger partial charge in [0.25, 0.3) is 10.0 Å². The molecule has 3 aromatic carbocycles. The van der Waals surface area contributed by atoms with Gasteiger partial charge in [0.15, 0.2) is 0 Å². The van der Waals surface area contributed by atoms with E-state index in [2.05, 4.69) is 0 Å². The van der Waals surface area contributed by atoms with Crippen LogP contribution in [0, 0.1) is 6.92 Å². The number of rotatable bonds is 7. The van der Waals surface area contributed by atoms with Crippen LogP contribution in [0.1, 0.15) is 37.7 Å². The number of aromatic hydroxyl groups is 2. The van der Waals surface area contributed by atoms with Crippen molar-refractivity contribution in [2.24, 2.45) is 0 Å². The van der Waals surface area contributed by atoms with Crippen LogP contribution in [-0.2, 0) is 10.0 Å². The van der Waals surface area contributed by atoms with Gasteiger partial charge in [-0.2, -0.15) is 0 Å². The maximum Gasteiger partial charge on any atom is 0.269 e. The minimum Gasteiger partial charge on any atom is -0.507 e. The van der Waals surface area contributed by atoms with E-state index in [-0.39, 0.29) is 43.3 Å². The summed E-state index contributed by atoms with van der Waals surface area (Å²) in [6.07, 6.45) is 0. The number of carbonyl (C=O) groups is 2. The molecule has 42 heavy (non-hydrogen) atoms. The Morgan fingerprint density at radius 3 is 1.81 bits per heavy atom. The highest BCUT2D eigenvalue weighted by Crippen LogP contribution is 2.43. The summed E-state index contributed by atoms with van der Waals surface area (Å²) in [6.45, 7) is 1.77. The standard InChI is InChI=1S/C29H18Cl4N2O6S/c1-15-10-12-16(13-11-15)42(40,41)35-25(27(39)18-7-3-5-9-22(18)37)24(23(31)29(35)33)34-20(14-19(30)28(34)32)26(38)17-6-2-4-8-21(17)36/h2-14,36-37H,1H3. The highest BCUT2D eigenvalue weighted by molar-refractivity contribution is 7.90. The van der Waals surface area contributed by atoms with Crippen LogP contribution in [0.3, 0.4) is 0 Å². The lowest BCUT2D eigenvalue weighted by molar-refractivity contribution is 0.101. The molecule has 0 saturated carbocycles. The van der Waals surface area contributed by atoms with E-state index in [0.29, 0.717) is 3.97 Å². The quantitative estimate of drug-likeness (QED) is 0.176. The van der Waals surface area contributed by atoms with Crippen LogP contribution in [0.25, 0.3) is 5.69 Å². The summed E-state index contributed by atoms with van der Waals surface area (Å²) in [5.74, 6) is -2.58. The zero-order valence-corrected chi connectivity index (χ0v) is 25.2. The number of halogens is 4. The first kappa shape index (κ1) is 29.8. The van der Waals surface area contributed by atoms with Crippen LogP contribution in [0.2, 0.25) is 20.4 Å². The Morgan fingerprint density at radius 1 is 0.738 bits per heavy atom. The zero-order valence-electron chi connectivity index (χ0n) is 21.3. The minimum absolute atomic E-state index is 0.132. The molecule has 0 fully saturated rings. The van der Waals surface area contributed by atoms with Crippen LogP contribution in [-0.4, -0.2) is 38.7 Å². The number of hydrogen-bond donors (Lipinski definition) is 2. The molecule has 0 aliphatic carbocycles. The summed E-state index contributed by atoms with van der Waals surface area (Å²) in [7, 11) is -4.61. The Kier molecular flexibility index (Phi) is 7.91. The molecule has 2 N–H and O–H groups in total. The van der Waals surface area contributed by atoms with Gasteiger partial charge < -0.3 is 10.2 Å². The fraction of sp³-hybridized carbons (Fsp3) is 0.0345. The molecule has 0 aliphatic heterocycles. The summed E-state index contributed by atoms with van der Waals surface area (Å²) >= 11 is 26.1. The van der Waals surface area contributed by atoms with E-state index in [0.717, 1.165) is 10.1 Å². The molecule has 0 unspecified atom stereocenters. The highest BCUT2D eigenvalue weighted by atomic mass is 35.5. The van der Waals surface area contributed by atoms with Crippen molar-refractivity contribution >= 4 is 68.0 Å². The van der Waals surface area contributed by atoms with Gasteiger partial charge >= 0.3 is 0 Å². The molecular formula is C29H18Cl4N2O6S. The molecular weight excluding hydrogens is 646 g/mol. The van der Waals surface area contributed by atoms with Crippen LogP contribution in [0.15, 0.2) is 83.8 Å². The Hall–Kier alpha value is -3.73. The number of aromatic nitrogens is 2. The van der Waals surface area contributed by atoms with Crippen molar-refractivity contribution in [2.75, 3.05) is 0 Å². The average Bonchev–Trinajstić information content (AvgIpc) is 3.40. The van der Waals surface area contributed by atoms with Gasteiger partial charge in [0.1, 0.15) is 32.5 Å². The van der Waals surface area contributed by atoms with Gasteiger partial charge in [0.05, 0.1) is 32.4 Å². The predicted octanol–water partition coefficient (Wildman–Crippen LogP) is 7.31. The number of nitrogens with zero attached hydrogens (tertiary/aromatic N) is 2. The molecule has 0 saturated heterocycles. The molecule has 5 aromatic rings. The lowest BCUT2D eigenvalue weighted by Crippen LogP contribution is -2.21. The molecule has 0 atom stereocenters. The second kappa shape index (κ2) is 11.2. The van der Waals surface area contributed by atoms with Crippen molar-refractivity contribution < 1.29 is 28.2 Å².